The maximum atomic E-state index is 13.1. The third kappa shape index (κ3) is 3.27. The van der Waals surface area contributed by atoms with Crippen LogP contribution in [0.4, 0.5) is 4.39 Å². The molecule has 0 aromatic heterocycles. The summed E-state index contributed by atoms with van der Waals surface area (Å²) in [5.74, 6) is -0.554. The van der Waals surface area contributed by atoms with Crippen molar-refractivity contribution in [1.82, 2.24) is 4.90 Å². The van der Waals surface area contributed by atoms with Gasteiger partial charge in [0.05, 0.1) is 0 Å². The SMILES string of the molecule is Cc1ccc(F)cc1C(=O)N(C)C(C)CCN. The molecule has 17 heavy (non-hydrogen) atoms. The van der Waals surface area contributed by atoms with Crippen LogP contribution in [0.2, 0.25) is 0 Å². The molecule has 1 aromatic rings. The molecule has 0 heterocycles. The van der Waals surface area contributed by atoms with Gasteiger partial charge in [-0.25, -0.2) is 4.39 Å². The van der Waals surface area contributed by atoms with E-state index in [4.69, 9.17) is 5.73 Å². The molecule has 0 saturated carbocycles. The first kappa shape index (κ1) is 13.6. The lowest BCUT2D eigenvalue weighted by atomic mass is 10.1. The summed E-state index contributed by atoms with van der Waals surface area (Å²) in [6, 6.07) is 4.30. The van der Waals surface area contributed by atoms with Gasteiger partial charge < -0.3 is 10.6 Å². The van der Waals surface area contributed by atoms with E-state index in [-0.39, 0.29) is 17.8 Å². The summed E-state index contributed by atoms with van der Waals surface area (Å²) in [6.45, 7) is 4.26. The maximum absolute atomic E-state index is 13.1. The molecule has 0 radical (unpaired) electrons. The van der Waals surface area contributed by atoms with Crippen molar-refractivity contribution in [3.63, 3.8) is 0 Å². The van der Waals surface area contributed by atoms with Crippen molar-refractivity contribution in [2.75, 3.05) is 13.6 Å². The summed E-state index contributed by atoms with van der Waals surface area (Å²) in [5.41, 5.74) is 6.66. The molecule has 4 heteroatoms. The topological polar surface area (TPSA) is 46.3 Å². The molecule has 1 aromatic carbocycles. The van der Waals surface area contributed by atoms with Crippen LogP contribution in [-0.2, 0) is 0 Å². The van der Waals surface area contributed by atoms with Crippen LogP contribution in [0.1, 0.15) is 29.3 Å². The lowest BCUT2D eigenvalue weighted by Crippen LogP contribution is -2.36. The molecule has 1 amide bonds. The maximum Gasteiger partial charge on any atom is 0.254 e. The minimum absolute atomic E-state index is 0.0511. The van der Waals surface area contributed by atoms with Crippen molar-refractivity contribution >= 4 is 5.91 Å². The van der Waals surface area contributed by atoms with Gasteiger partial charge in [0.15, 0.2) is 0 Å². The molecule has 0 saturated heterocycles. The number of amides is 1. The Balaban J connectivity index is 2.92. The molecule has 2 N–H and O–H groups in total. The predicted molar refractivity (Wildman–Crippen MR) is 66.4 cm³/mol. The Morgan fingerprint density at radius 2 is 2.18 bits per heavy atom. The molecule has 0 aliphatic heterocycles. The summed E-state index contributed by atoms with van der Waals surface area (Å²) in [7, 11) is 1.72. The van der Waals surface area contributed by atoms with Gasteiger partial charge in [0.25, 0.3) is 5.91 Å². The van der Waals surface area contributed by atoms with Gasteiger partial charge in [-0.05, 0) is 44.5 Å². The molecule has 1 rings (SSSR count). The van der Waals surface area contributed by atoms with E-state index in [1.54, 1.807) is 24.9 Å². The second kappa shape index (κ2) is 5.77. The Kier molecular flexibility index (Phi) is 4.63. The second-order valence-corrected chi connectivity index (χ2v) is 4.30. The number of hydrogen-bond acceptors (Lipinski definition) is 2. The van der Waals surface area contributed by atoms with Crippen molar-refractivity contribution in [2.45, 2.75) is 26.3 Å². The normalized spacial score (nSPS) is 12.3. The molecular formula is C13H19FN2O. The van der Waals surface area contributed by atoms with Crippen LogP contribution in [0.5, 0.6) is 0 Å². The van der Waals surface area contributed by atoms with Gasteiger partial charge in [0.2, 0.25) is 0 Å². The van der Waals surface area contributed by atoms with E-state index in [1.807, 2.05) is 6.92 Å². The van der Waals surface area contributed by atoms with Gasteiger partial charge in [-0.1, -0.05) is 6.07 Å². The van der Waals surface area contributed by atoms with Crippen molar-refractivity contribution < 1.29 is 9.18 Å². The quantitative estimate of drug-likeness (QED) is 0.871. The molecule has 0 aliphatic rings. The zero-order valence-electron chi connectivity index (χ0n) is 10.5. The second-order valence-electron chi connectivity index (χ2n) is 4.30. The molecule has 0 bridgehead atoms. The first-order valence-corrected chi connectivity index (χ1v) is 5.70. The van der Waals surface area contributed by atoms with Crippen molar-refractivity contribution in [1.29, 1.82) is 0 Å². The monoisotopic (exact) mass is 238 g/mol. The molecule has 3 nitrogen and oxygen atoms in total. The molecule has 0 fully saturated rings. The van der Waals surface area contributed by atoms with Gasteiger partial charge in [-0.2, -0.15) is 0 Å². The third-order valence-electron chi connectivity index (χ3n) is 3.00. The van der Waals surface area contributed by atoms with Gasteiger partial charge in [0, 0.05) is 18.7 Å². The average Bonchev–Trinajstić information content (AvgIpc) is 2.30. The van der Waals surface area contributed by atoms with Crippen molar-refractivity contribution in [3.8, 4) is 0 Å². The van der Waals surface area contributed by atoms with E-state index in [1.165, 1.54) is 12.1 Å². The zero-order chi connectivity index (χ0) is 13.0. The Hall–Kier alpha value is -1.42. The van der Waals surface area contributed by atoms with Gasteiger partial charge >= 0.3 is 0 Å². The Morgan fingerprint density at radius 1 is 1.53 bits per heavy atom. The van der Waals surface area contributed by atoms with Crippen molar-refractivity contribution in [2.24, 2.45) is 5.73 Å². The van der Waals surface area contributed by atoms with E-state index >= 15 is 0 Å². The van der Waals surface area contributed by atoms with Crippen LogP contribution in [0, 0.1) is 12.7 Å². The Bertz CT molecular complexity index is 406. The summed E-state index contributed by atoms with van der Waals surface area (Å²) >= 11 is 0. The van der Waals surface area contributed by atoms with Crippen LogP contribution in [0.3, 0.4) is 0 Å². The van der Waals surface area contributed by atoms with Crippen LogP contribution < -0.4 is 5.73 Å². The number of halogens is 1. The predicted octanol–water partition coefficient (Wildman–Crippen LogP) is 1.94. The number of nitrogens with zero attached hydrogens (tertiary/aromatic N) is 1. The van der Waals surface area contributed by atoms with Gasteiger partial charge in [-0.3, -0.25) is 4.79 Å². The molecule has 0 spiro atoms. The highest BCUT2D eigenvalue weighted by atomic mass is 19.1. The standard InChI is InChI=1S/C13H19FN2O/c1-9-4-5-11(14)8-12(9)13(17)16(3)10(2)6-7-15/h4-5,8,10H,6-7,15H2,1-3H3. The summed E-state index contributed by atoms with van der Waals surface area (Å²) in [4.78, 5) is 13.8. The number of nitrogens with two attached hydrogens (primary N) is 1. The minimum Gasteiger partial charge on any atom is -0.339 e. The number of hydrogen-bond donors (Lipinski definition) is 1. The van der Waals surface area contributed by atoms with Gasteiger partial charge in [-0.15, -0.1) is 0 Å². The smallest absolute Gasteiger partial charge is 0.254 e. The number of carbonyl (C=O) groups is 1. The molecule has 1 unspecified atom stereocenters. The van der Waals surface area contributed by atoms with E-state index < -0.39 is 0 Å². The molecule has 94 valence electrons. The first-order valence-electron chi connectivity index (χ1n) is 5.70. The largest absolute Gasteiger partial charge is 0.339 e. The molecule has 1 atom stereocenters. The van der Waals surface area contributed by atoms with Crippen LogP contribution in [-0.4, -0.2) is 30.4 Å². The zero-order valence-corrected chi connectivity index (χ0v) is 10.5. The fourth-order valence-electron chi connectivity index (χ4n) is 1.65. The number of benzene rings is 1. The lowest BCUT2D eigenvalue weighted by Gasteiger charge is -2.25. The van der Waals surface area contributed by atoms with Gasteiger partial charge in [0.1, 0.15) is 5.82 Å². The van der Waals surface area contributed by atoms with E-state index in [9.17, 15) is 9.18 Å². The van der Waals surface area contributed by atoms with Crippen LogP contribution >= 0.6 is 0 Å². The Morgan fingerprint density at radius 3 is 2.76 bits per heavy atom. The van der Waals surface area contributed by atoms with Crippen molar-refractivity contribution in [3.05, 3.63) is 35.1 Å². The highest BCUT2D eigenvalue weighted by Crippen LogP contribution is 2.14. The highest BCUT2D eigenvalue weighted by Gasteiger charge is 2.18. The highest BCUT2D eigenvalue weighted by molar-refractivity contribution is 5.95. The minimum atomic E-state index is -0.390. The summed E-state index contributed by atoms with van der Waals surface area (Å²) in [5, 5.41) is 0. The Labute approximate surface area is 101 Å². The summed E-state index contributed by atoms with van der Waals surface area (Å²) in [6.07, 6.45) is 0.733. The first-order chi connectivity index (χ1) is 7.97. The fourth-order valence-corrected chi connectivity index (χ4v) is 1.65. The third-order valence-corrected chi connectivity index (χ3v) is 3.00. The fraction of sp³-hybridized carbons (Fsp3) is 0.462. The van der Waals surface area contributed by atoms with E-state index in [2.05, 4.69) is 0 Å². The molecule has 0 aliphatic carbocycles. The van der Waals surface area contributed by atoms with E-state index in [0.29, 0.717) is 12.1 Å². The number of carbonyl (C=O) groups excluding carboxylic acids is 1. The number of rotatable bonds is 4. The average molecular weight is 238 g/mol. The number of aryl methyl sites for hydroxylation is 1. The molecular weight excluding hydrogens is 219 g/mol. The van der Waals surface area contributed by atoms with Crippen LogP contribution in [0.15, 0.2) is 18.2 Å². The summed E-state index contributed by atoms with van der Waals surface area (Å²) < 4.78 is 13.1. The lowest BCUT2D eigenvalue weighted by molar-refractivity contribution is 0.0738. The van der Waals surface area contributed by atoms with Crippen LogP contribution in [0.25, 0.3) is 0 Å². The van der Waals surface area contributed by atoms with E-state index in [0.717, 1.165) is 12.0 Å².